The zero-order valence-electron chi connectivity index (χ0n) is 19.8. The normalized spacial score (nSPS) is 16.5. The zero-order valence-corrected chi connectivity index (χ0v) is 21.5. The summed E-state index contributed by atoms with van der Waals surface area (Å²) in [7, 11) is -3.60. The van der Waals surface area contributed by atoms with Crippen molar-refractivity contribution in [1.29, 1.82) is 5.41 Å². The molecule has 0 radical (unpaired) electrons. The number of thioether (sulfide) groups is 1. The van der Waals surface area contributed by atoms with Crippen LogP contribution in [0.3, 0.4) is 0 Å². The monoisotopic (exact) mass is 528 g/mol. The number of fused-ring (bicyclic) bond motifs is 1. The molecule has 10 nitrogen and oxygen atoms in total. The number of hydrazone groups is 1. The number of sulfone groups is 1. The first-order valence-electron chi connectivity index (χ1n) is 10.9. The number of hydrogen-bond donors (Lipinski definition) is 1. The van der Waals surface area contributed by atoms with Gasteiger partial charge in [-0.05, 0) is 67.1 Å². The summed E-state index contributed by atoms with van der Waals surface area (Å²) in [5, 5.41) is 13.4. The van der Waals surface area contributed by atoms with Crippen molar-refractivity contribution in [2.75, 3.05) is 26.1 Å². The molecule has 4 rings (SSSR count). The highest BCUT2D eigenvalue weighted by Crippen LogP contribution is 2.32. The summed E-state index contributed by atoms with van der Waals surface area (Å²) < 4.78 is 40.7. The van der Waals surface area contributed by atoms with E-state index in [0.717, 1.165) is 34.3 Å². The third-order valence-electron chi connectivity index (χ3n) is 4.93. The quantitative estimate of drug-likeness (QED) is 0.407. The van der Waals surface area contributed by atoms with Crippen LogP contribution < -0.4 is 14.2 Å². The molecular weight excluding hydrogens is 504 g/mol. The lowest BCUT2D eigenvalue weighted by molar-refractivity contribution is -0.114. The summed E-state index contributed by atoms with van der Waals surface area (Å²) in [4.78, 5) is 16.5. The molecule has 2 aliphatic rings. The molecule has 2 aliphatic heterocycles. The fourth-order valence-corrected chi connectivity index (χ4v) is 4.99. The summed E-state index contributed by atoms with van der Waals surface area (Å²) in [5.74, 6) is 0.824. The Hall–Kier alpha value is -3.64. The fourth-order valence-electron chi connectivity index (χ4n) is 3.31. The summed E-state index contributed by atoms with van der Waals surface area (Å²) >= 11 is 0.739. The minimum absolute atomic E-state index is 0.0273. The van der Waals surface area contributed by atoms with Gasteiger partial charge in [0, 0.05) is 6.26 Å². The molecule has 0 saturated heterocycles. The largest absolute Gasteiger partial charge is 0.490 e. The number of aliphatic imine (C=N–C) groups is 1. The maximum atomic E-state index is 12.6. The van der Waals surface area contributed by atoms with Gasteiger partial charge in [0.15, 0.2) is 17.3 Å². The van der Waals surface area contributed by atoms with Crippen LogP contribution in [-0.4, -0.2) is 60.8 Å². The number of amides is 1. The van der Waals surface area contributed by atoms with Crippen molar-refractivity contribution in [3.63, 3.8) is 0 Å². The van der Waals surface area contributed by atoms with Crippen LogP contribution in [0.2, 0.25) is 0 Å². The molecule has 12 heteroatoms. The van der Waals surface area contributed by atoms with Crippen LogP contribution in [0.25, 0.3) is 6.08 Å². The second kappa shape index (κ2) is 10.5. The molecule has 1 amide bonds. The van der Waals surface area contributed by atoms with Gasteiger partial charge in [-0.1, -0.05) is 18.2 Å². The lowest BCUT2D eigenvalue weighted by Crippen LogP contribution is -2.35. The van der Waals surface area contributed by atoms with Crippen molar-refractivity contribution < 1.29 is 27.4 Å². The molecule has 188 valence electrons. The van der Waals surface area contributed by atoms with Crippen LogP contribution in [0.4, 0.5) is 0 Å². The Bertz CT molecular complexity index is 1420. The topological polar surface area (TPSA) is 131 Å². The number of benzene rings is 2. The third-order valence-corrected chi connectivity index (χ3v) is 7.51. The summed E-state index contributed by atoms with van der Waals surface area (Å²) in [6, 6.07) is 12.9. The molecule has 0 saturated carbocycles. The predicted octanol–water partition coefficient (Wildman–Crippen LogP) is 3.47. The van der Waals surface area contributed by atoms with Crippen molar-refractivity contribution in [3.05, 3.63) is 59.2 Å². The molecular formula is C24H24N4O6S2. The van der Waals surface area contributed by atoms with Gasteiger partial charge in [-0.3, -0.25) is 10.2 Å². The van der Waals surface area contributed by atoms with Crippen LogP contribution in [-0.2, 0) is 14.6 Å². The van der Waals surface area contributed by atoms with Gasteiger partial charge in [-0.2, -0.15) is 10.0 Å². The number of hydrogen-bond acceptors (Lipinski definition) is 9. The number of carbonyl (C=O) groups is 1. The van der Waals surface area contributed by atoms with E-state index >= 15 is 0 Å². The molecule has 2 aromatic carbocycles. The molecule has 0 aromatic heterocycles. The Labute approximate surface area is 213 Å². The average Bonchev–Trinajstić information content (AvgIpc) is 3.26. The van der Waals surface area contributed by atoms with E-state index in [1.807, 2.05) is 38.1 Å². The minimum Gasteiger partial charge on any atom is -0.490 e. The smallest absolute Gasteiger partial charge is 0.283 e. The molecule has 0 atom stereocenters. The highest BCUT2D eigenvalue weighted by molar-refractivity contribution is 8.42. The highest BCUT2D eigenvalue weighted by atomic mass is 32.3. The minimum atomic E-state index is -3.60. The van der Waals surface area contributed by atoms with Gasteiger partial charge in [0.1, 0.15) is 19.0 Å². The fraction of sp³-hybridized carbons (Fsp3) is 0.250. The van der Waals surface area contributed by atoms with Crippen molar-refractivity contribution in [2.45, 2.75) is 13.8 Å². The van der Waals surface area contributed by atoms with Gasteiger partial charge in [0.25, 0.3) is 5.91 Å². The average molecular weight is 529 g/mol. The van der Waals surface area contributed by atoms with Crippen molar-refractivity contribution in [2.24, 2.45) is 10.1 Å². The molecule has 2 heterocycles. The van der Waals surface area contributed by atoms with E-state index in [9.17, 15) is 13.2 Å². The first kappa shape index (κ1) is 25.5. The lowest BCUT2D eigenvalue weighted by atomic mass is 10.1. The number of amidine groups is 2. The summed E-state index contributed by atoms with van der Waals surface area (Å²) in [6.45, 7) is 4.87. The number of nitrogens with one attached hydrogen (secondary N) is 1. The van der Waals surface area contributed by atoms with Crippen LogP contribution in [0.15, 0.2) is 58.1 Å². The van der Waals surface area contributed by atoms with Gasteiger partial charge in [0.2, 0.25) is 19.4 Å². The standard InChI is InChI=1S/C24H24N4O6S2/c1-4-32-20-14-16(8-9-19(20)34-11-10-33-17-7-5-6-15(2)12-17)13-18-21(25)28-23(26-22(18)29)35-24(27-28)36(3,30)31/h5-9,12-14,25H,4,10-11H2,1-3H3/b18-13+,25-21?. The van der Waals surface area contributed by atoms with Crippen molar-refractivity contribution in [1.82, 2.24) is 5.01 Å². The van der Waals surface area contributed by atoms with Crippen LogP contribution in [0.1, 0.15) is 18.1 Å². The van der Waals surface area contributed by atoms with Crippen molar-refractivity contribution >= 4 is 49.0 Å². The molecule has 36 heavy (non-hydrogen) atoms. The molecule has 0 unspecified atom stereocenters. The second-order valence-electron chi connectivity index (χ2n) is 7.81. The number of nitrogens with zero attached hydrogens (tertiary/aromatic N) is 3. The first-order chi connectivity index (χ1) is 17.2. The maximum Gasteiger partial charge on any atom is 0.283 e. The summed E-state index contributed by atoms with van der Waals surface area (Å²) in [6.07, 6.45) is 2.49. The van der Waals surface area contributed by atoms with E-state index in [1.165, 1.54) is 6.08 Å². The summed E-state index contributed by atoms with van der Waals surface area (Å²) in [5.41, 5.74) is 1.66. The van der Waals surface area contributed by atoms with E-state index in [1.54, 1.807) is 18.2 Å². The van der Waals surface area contributed by atoms with E-state index in [4.69, 9.17) is 19.6 Å². The van der Waals surface area contributed by atoms with E-state index in [0.29, 0.717) is 36.9 Å². The Kier molecular flexibility index (Phi) is 7.45. The van der Waals surface area contributed by atoms with Gasteiger partial charge >= 0.3 is 0 Å². The molecule has 0 bridgehead atoms. The number of carbonyl (C=O) groups excluding carboxylic acids is 1. The Balaban J connectivity index is 1.49. The maximum absolute atomic E-state index is 12.6. The number of rotatable bonds is 8. The second-order valence-corrected chi connectivity index (χ2v) is 11.0. The van der Waals surface area contributed by atoms with E-state index in [2.05, 4.69) is 10.1 Å². The van der Waals surface area contributed by atoms with E-state index in [-0.39, 0.29) is 21.0 Å². The van der Waals surface area contributed by atoms with Gasteiger partial charge in [-0.15, -0.1) is 5.10 Å². The van der Waals surface area contributed by atoms with Crippen LogP contribution >= 0.6 is 11.8 Å². The van der Waals surface area contributed by atoms with E-state index < -0.39 is 15.7 Å². The molecule has 0 aliphatic carbocycles. The van der Waals surface area contributed by atoms with Gasteiger partial charge in [0.05, 0.1) is 12.2 Å². The van der Waals surface area contributed by atoms with Crippen LogP contribution in [0.5, 0.6) is 17.2 Å². The van der Waals surface area contributed by atoms with Gasteiger partial charge < -0.3 is 14.2 Å². The SMILES string of the molecule is CCOc1cc(/C=C2\C(=N)N3N=C(S(C)(=O)=O)SC3=NC2=O)ccc1OCCOc1cccc(C)c1. The molecule has 0 spiro atoms. The number of aryl methyl sites for hydroxylation is 1. The highest BCUT2D eigenvalue weighted by Gasteiger charge is 2.38. The zero-order chi connectivity index (χ0) is 25.9. The van der Waals surface area contributed by atoms with Crippen LogP contribution in [0, 0.1) is 12.3 Å². The third kappa shape index (κ3) is 5.77. The first-order valence-corrected chi connectivity index (χ1v) is 13.7. The molecule has 0 fully saturated rings. The van der Waals surface area contributed by atoms with Gasteiger partial charge in [-0.25, -0.2) is 8.42 Å². The lowest BCUT2D eigenvalue weighted by Gasteiger charge is -2.20. The molecule has 1 N–H and O–H groups in total. The Morgan fingerprint density at radius 2 is 1.86 bits per heavy atom. The van der Waals surface area contributed by atoms with Crippen molar-refractivity contribution in [3.8, 4) is 17.2 Å². The predicted molar refractivity (Wildman–Crippen MR) is 140 cm³/mol. The Morgan fingerprint density at radius 3 is 2.58 bits per heavy atom. The molecule has 2 aromatic rings. The number of ether oxygens (including phenoxy) is 3. The Morgan fingerprint density at radius 1 is 1.08 bits per heavy atom.